The number of rotatable bonds is 8. The first kappa shape index (κ1) is 21.7. The summed E-state index contributed by atoms with van der Waals surface area (Å²) in [5.41, 5.74) is 3.33. The SMILES string of the molecule is CCCN1CCN(C(=O)CCn2cnnn2)C(Cc2ccc(-c3ccccc3)cc2)C1=O. The molecule has 1 fully saturated rings. The van der Waals surface area contributed by atoms with E-state index in [4.69, 9.17) is 0 Å². The topological polar surface area (TPSA) is 84.2 Å². The van der Waals surface area contributed by atoms with Gasteiger partial charge in [-0.15, -0.1) is 5.10 Å². The van der Waals surface area contributed by atoms with Crippen LogP contribution in [0.3, 0.4) is 0 Å². The molecule has 1 aromatic heterocycles. The van der Waals surface area contributed by atoms with Crippen LogP contribution in [0.15, 0.2) is 60.9 Å². The Morgan fingerprint density at radius 3 is 2.44 bits per heavy atom. The Labute approximate surface area is 187 Å². The number of carbonyl (C=O) groups excluding carboxylic acids is 2. The lowest BCUT2D eigenvalue weighted by Crippen LogP contribution is -2.59. The second-order valence-corrected chi connectivity index (χ2v) is 8.02. The highest BCUT2D eigenvalue weighted by Crippen LogP contribution is 2.22. The Kier molecular flexibility index (Phi) is 6.89. The van der Waals surface area contributed by atoms with E-state index in [1.54, 1.807) is 4.90 Å². The first-order valence-corrected chi connectivity index (χ1v) is 11.1. The van der Waals surface area contributed by atoms with E-state index in [-0.39, 0.29) is 18.2 Å². The van der Waals surface area contributed by atoms with Crippen molar-refractivity contribution in [1.29, 1.82) is 0 Å². The first-order valence-electron chi connectivity index (χ1n) is 11.1. The second kappa shape index (κ2) is 10.2. The molecule has 0 N–H and O–H groups in total. The molecule has 1 unspecified atom stereocenters. The molecule has 2 heterocycles. The van der Waals surface area contributed by atoms with Gasteiger partial charge in [0.05, 0.1) is 6.54 Å². The summed E-state index contributed by atoms with van der Waals surface area (Å²) in [5.74, 6) is -0.0167. The molecule has 166 valence electrons. The van der Waals surface area contributed by atoms with Gasteiger partial charge in [0.1, 0.15) is 12.4 Å². The van der Waals surface area contributed by atoms with Gasteiger partial charge >= 0.3 is 0 Å². The molecule has 32 heavy (non-hydrogen) atoms. The molecule has 8 nitrogen and oxygen atoms in total. The maximum Gasteiger partial charge on any atom is 0.245 e. The van der Waals surface area contributed by atoms with Gasteiger partial charge in [-0.05, 0) is 33.5 Å². The van der Waals surface area contributed by atoms with Gasteiger partial charge in [-0.25, -0.2) is 4.68 Å². The number of nitrogens with zero attached hydrogens (tertiary/aromatic N) is 6. The minimum atomic E-state index is -0.487. The maximum atomic E-state index is 13.3. The van der Waals surface area contributed by atoms with Gasteiger partial charge in [0.15, 0.2) is 0 Å². The zero-order chi connectivity index (χ0) is 22.3. The van der Waals surface area contributed by atoms with Crippen molar-refractivity contribution < 1.29 is 9.59 Å². The monoisotopic (exact) mass is 432 g/mol. The lowest BCUT2D eigenvalue weighted by Gasteiger charge is -2.41. The molecule has 1 saturated heterocycles. The predicted octanol–water partition coefficient (Wildman–Crippen LogP) is 2.42. The summed E-state index contributed by atoms with van der Waals surface area (Å²) in [6.07, 6.45) is 3.15. The van der Waals surface area contributed by atoms with Gasteiger partial charge in [-0.2, -0.15) is 0 Å². The zero-order valence-electron chi connectivity index (χ0n) is 18.3. The summed E-state index contributed by atoms with van der Waals surface area (Å²) in [6.45, 7) is 4.30. The quantitative estimate of drug-likeness (QED) is 0.546. The summed E-state index contributed by atoms with van der Waals surface area (Å²) < 4.78 is 1.53. The number of benzene rings is 2. The van der Waals surface area contributed by atoms with E-state index in [0.717, 1.165) is 29.7 Å². The van der Waals surface area contributed by atoms with Crippen LogP contribution in [-0.2, 0) is 22.6 Å². The van der Waals surface area contributed by atoms with Gasteiger partial charge in [0, 0.05) is 32.5 Å². The second-order valence-electron chi connectivity index (χ2n) is 8.02. The third kappa shape index (κ3) is 5.01. The van der Waals surface area contributed by atoms with Crippen molar-refractivity contribution in [2.24, 2.45) is 0 Å². The van der Waals surface area contributed by atoms with E-state index in [2.05, 4.69) is 58.8 Å². The first-order chi connectivity index (χ1) is 15.7. The average molecular weight is 433 g/mol. The van der Waals surface area contributed by atoms with Crippen molar-refractivity contribution in [2.75, 3.05) is 19.6 Å². The van der Waals surface area contributed by atoms with E-state index in [1.807, 2.05) is 23.1 Å². The molecule has 2 aromatic carbocycles. The van der Waals surface area contributed by atoms with Crippen LogP contribution in [0.2, 0.25) is 0 Å². The number of carbonyl (C=O) groups is 2. The molecule has 4 rings (SSSR count). The van der Waals surface area contributed by atoms with Crippen molar-refractivity contribution in [3.63, 3.8) is 0 Å². The minimum Gasteiger partial charge on any atom is -0.339 e. The number of hydrogen-bond donors (Lipinski definition) is 0. The van der Waals surface area contributed by atoms with E-state index < -0.39 is 6.04 Å². The molecule has 0 saturated carbocycles. The van der Waals surface area contributed by atoms with Crippen molar-refractivity contribution >= 4 is 11.8 Å². The Hall–Kier alpha value is -3.55. The summed E-state index contributed by atoms with van der Waals surface area (Å²) in [7, 11) is 0. The van der Waals surface area contributed by atoms with Crippen LogP contribution in [0.4, 0.5) is 0 Å². The summed E-state index contributed by atoms with van der Waals surface area (Å²) in [5, 5.41) is 11.0. The highest BCUT2D eigenvalue weighted by atomic mass is 16.2. The van der Waals surface area contributed by atoms with Crippen LogP contribution >= 0.6 is 0 Å². The minimum absolute atomic E-state index is 0.0287. The van der Waals surface area contributed by atoms with Crippen molar-refractivity contribution in [2.45, 2.75) is 38.8 Å². The van der Waals surface area contributed by atoms with Gasteiger partial charge < -0.3 is 9.80 Å². The van der Waals surface area contributed by atoms with Crippen LogP contribution in [0, 0.1) is 0 Å². The van der Waals surface area contributed by atoms with Crippen molar-refractivity contribution in [3.05, 3.63) is 66.5 Å². The predicted molar refractivity (Wildman–Crippen MR) is 120 cm³/mol. The molecule has 0 radical (unpaired) electrons. The fraction of sp³-hybridized carbons (Fsp3) is 0.375. The fourth-order valence-electron chi connectivity index (χ4n) is 4.15. The highest BCUT2D eigenvalue weighted by Gasteiger charge is 2.36. The molecule has 1 aliphatic rings. The number of piperazine rings is 1. The summed E-state index contributed by atoms with van der Waals surface area (Å²) in [4.78, 5) is 29.9. The molecular formula is C24H28N6O2. The lowest BCUT2D eigenvalue weighted by atomic mass is 9.98. The smallest absolute Gasteiger partial charge is 0.245 e. The number of amides is 2. The average Bonchev–Trinajstić information content (AvgIpc) is 3.35. The molecule has 0 aliphatic carbocycles. The standard InChI is InChI=1S/C24H28N6O2/c1-2-13-28-15-16-30(23(31)12-14-29-18-25-26-27-29)22(24(28)32)17-19-8-10-21(11-9-19)20-6-4-3-5-7-20/h3-11,18,22H,2,12-17H2,1H3. The van der Waals surface area contributed by atoms with E-state index >= 15 is 0 Å². The Morgan fingerprint density at radius 1 is 1.00 bits per heavy atom. The Morgan fingerprint density at radius 2 is 1.75 bits per heavy atom. The molecule has 2 amide bonds. The van der Waals surface area contributed by atoms with Gasteiger partial charge in [0.2, 0.25) is 11.8 Å². The highest BCUT2D eigenvalue weighted by molar-refractivity contribution is 5.89. The van der Waals surface area contributed by atoms with E-state index in [9.17, 15) is 9.59 Å². The number of tetrazole rings is 1. The third-order valence-corrected chi connectivity index (χ3v) is 5.83. The molecule has 1 aliphatic heterocycles. The van der Waals surface area contributed by atoms with Gasteiger partial charge in [-0.1, -0.05) is 61.5 Å². The largest absolute Gasteiger partial charge is 0.339 e. The van der Waals surface area contributed by atoms with E-state index in [1.165, 1.54) is 11.0 Å². The van der Waals surface area contributed by atoms with Gasteiger partial charge in [0.25, 0.3) is 0 Å². The van der Waals surface area contributed by atoms with Gasteiger partial charge in [-0.3, -0.25) is 9.59 Å². The molecule has 3 aromatic rings. The van der Waals surface area contributed by atoms with E-state index in [0.29, 0.717) is 26.1 Å². The zero-order valence-corrected chi connectivity index (χ0v) is 18.3. The number of aryl methyl sites for hydroxylation is 1. The fourth-order valence-corrected chi connectivity index (χ4v) is 4.15. The number of hydrogen-bond acceptors (Lipinski definition) is 5. The van der Waals surface area contributed by atoms with Crippen LogP contribution in [0.25, 0.3) is 11.1 Å². The number of aromatic nitrogens is 4. The Balaban J connectivity index is 1.49. The molecule has 8 heteroatoms. The van der Waals surface area contributed by atoms with Crippen LogP contribution < -0.4 is 0 Å². The molecular weight excluding hydrogens is 404 g/mol. The summed E-state index contributed by atoms with van der Waals surface area (Å²) in [6, 6.07) is 18.0. The molecule has 1 atom stereocenters. The van der Waals surface area contributed by atoms with Crippen LogP contribution in [0.5, 0.6) is 0 Å². The summed E-state index contributed by atoms with van der Waals surface area (Å²) >= 11 is 0. The lowest BCUT2D eigenvalue weighted by molar-refractivity contribution is -0.151. The maximum absolute atomic E-state index is 13.3. The van der Waals surface area contributed by atoms with Crippen molar-refractivity contribution in [3.8, 4) is 11.1 Å². The normalized spacial score (nSPS) is 16.4. The van der Waals surface area contributed by atoms with Crippen LogP contribution in [0.1, 0.15) is 25.3 Å². The Bertz CT molecular complexity index is 1020. The van der Waals surface area contributed by atoms with Crippen LogP contribution in [-0.4, -0.2) is 67.5 Å². The van der Waals surface area contributed by atoms with Crippen molar-refractivity contribution in [1.82, 2.24) is 30.0 Å². The molecule has 0 spiro atoms. The molecule has 0 bridgehead atoms. The third-order valence-electron chi connectivity index (χ3n) is 5.83.